The van der Waals surface area contributed by atoms with E-state index in [-0.39, 0.29) is 6.61 Å². The van der Waals surface area contributed by atoms with Crippen LogP contribution in [-0.4, -0.2) is 23.9 Å². The molecule has 1 aromatic carbocycles. The second kappa shape index (κ2) is 5.55. The van der Waals surface area contributed by atoms with Gasteiger partial charge in [-0.2, -0.15) is 5.26 Å². The maximum atomic E-state index is 9.79. The van der Waals surface area contributed by atoms with Gasteiger partial charge in [0.15, 0.2) is 5.60 Å². The van der Waals surface area contributed by atoms with Crippen LogP contribution in [-0.2, 0) is 17.6 Å². The molecule has 2 aliphatic carbocycles. The molecule has 3 nitrogen and oxygen atoms in total. The van der Waals surface area contributed by atoms with E-state index < -0.39 is 5.60 Å². The summed E-state index contributed by atoms with van der Waals surface area (Å²) in [4.78, 5) is 0. The van der Waals surface area contributed by atoms with Crippen LogP contribution in [0.15, 0.2) is 24.3 Å². The summed E-state index contributed by atoms with van der Waals surface area (Å²) in [6.07, 6.45) is 4.64. The molecule has 0 aliphatic heterocycles. The zero-order valence-electron chi connectivity index (χ0n) is 11.7. The average molecular weight is 271 g/mol. The summed E-state index contributed by atoms with van der Waals surface area (Å²) in [6, 6.07) is 11.0. The highest BCUT2D eigenvalue weighted by molar-refractivity contribution is 5.33. The van der Waals surface area contributed by atoms with Crippen molar-refractivity contribution >= 4 is 0 Å². The van der Waals surface area contributed by atoms with Gasteiger partial charge in [-0.25, -0.2) is 0 Å². The van der Waals surface area contributed by atoms with Gasteiger partial charge in [-0.05, 0) is 43.2 Å². The van der Waals surface area contributed by atoms with E-state index in [0.717, 1.165) is 25.7 Å². The monoisotopic (exact) mass is 271 g/mol. The van der Waals surface area contributed by atoms with Crippen molar-refractivity contribution in [2.45, 2.75) is 37.7 Å². The molecule has 0 heterocycles. The summed E-state index contributed by atoms with van der Waals surface area (Å²) < 4.78 is 6.04. The van der Waals surface area contributed by atoms with Gasteiger partial charge in [-0.3, -0.25) is 0 Å². The van der Waals surface area contributed by atoms with Gasteiger partial charge in [0.25, 0.3) is 0 Å². The van der Waals surface area contributed by atoms with Crippen LogP contribution < -0.4 is 0 Å². The van der Waals surface area contributed by atoms with Crippen LogP contribution in [0.1, 0.15) is 30.4 Å². The van der Waals surface area contributed by atoms with Crippen molar-refractivity contribution in [3.8, 4) is 6.07 Å². The summed E-state index contributed by atoms with van der Waals surface area (Å²) in [5.74, 6) is 0.583. The molecule has 0 amide bonds. The average Bonchev–Trinajstić information content (AvgIpc) is 2.71. The Morgan fingerprint density at radius 2 is 1.80 bits per heavy atom. The molecular weight excluding hydrogens is 250 g/mol. The molecule has 0 aromatic heterocycles. The van der Waals surface area contributed by atoms with Crippen molar-refractivity contribution in [2.24, 2.45) is 11.8 Å². The second-order valence-corrected chi connectivity index (χ2v) is 5.98. The number of fused-ring (bicyclic) bond motifs is 3. The number of benzene rings is 1. The number of rotatable bonds is 4. The third-order valence-corrected chi connectivity index (χ3v) is 4.95. The Kier molecular flexibility index (Phi) is 3.78. The number of aliphatic hydroxyl groups excluding tert-OH is 1. The predicted octanol–water partition coefficient (Wildman–Crippen LogP) is 2.47. The Balaban J connectivity index is 1.89. The fourth-order valence-corrected chi connectivity index (χ4v) is 3.91. The number of nitrogens with zero attached hydrogens (tertiary/aromatic N) is 1. The van der Waals surface area contributed by atoms with Gasteiger partial charge in [-0.15, -0.1) is 0 Å². The largest absolute Gasteiger partial charge is 0.396 e. The van der Waals surface area contributed by atoms with E-state index in [2.05, 4.69) is 30.3 Å². The summed E-state index contributed by atoms with van der Waals surface area (Å²) in [5, 5.41) is 18.7. The SMILES string of the molecule is N#CC1(OCCCO)C2CCC1Cc1ccccc1C2. The topological polar surface area (TPSA) is 53.2 Å². The third-order valence-electron chi connectivity index (χ3n) is 4.95. The fourth-order valence-electron chi connectivity index (χ4n) is 3.91. The van der Waals surface area contributed by atoms with Crippen LogP contribution >= 0.6 is 0 Å². The summed E-state index contributed by atoms with van der Waals surface area (Å²) in [5.41, 5.74) is 2.11. The number of hydrogen-bond acceptors (Lipinski definition) is 3. The predicted molar refractivity (Wildman–Crippen MR) is 76.1 cm³/mol. The minimum absolute atomic E-state index is 0.122. The van der Waals surface area contributed by atoms with E-state index >= 15 is 0 Å². The van der Waals surface area contributed by atoms with Crippen LogP contribution in [0.25, 0.3) is 0 Å². The highest BCUT2D eigenvalue weighted by atomic mass is 16.5. The minimum Gasteiger partial charge on any atom is -0.396 e. The lowest BCUT2D eigenvalue weighted by atomic mass is 9.83. The standard InChI is InChI=1S/C17H21NO2/c18-12-17(20-9-3-8-19)15-6-7-16(17)11-14-5-2-1-4-13(14)10-15/h1-2,4-5,15-16,19H,3,6-11H2. The zero-order valence-corrected chi connectivity index (χ0v) is 11.7. The van der Waals surface area contributed by atoms with Crippen LogP contribution in [0.2, 0.25) is 0 Å². The van der Waals surface area contributed by atoms with E-state index in [0.29, 0.717) is 24.9 Å². The first-order chi connectivity index (χ1) is 9.80. The molecule has 2 bridgehead atoms. The molecule has 20 heavy (non-hydrogen) atoms. The first kappa shape index (κ1) is 13.6. The van der Waals surface area contributed by atoms with E-state index in [1.807, 2.05) is 0 Å². The molecule has 0 spiro atoms. The van der Waals surface area contributed by atoms with Crippen LogP contribution in [0, 0.1) is 23.2 Å². The third kappa shape index (κ3) is 2.13. The molecule has 1 saturated carbocycles. The molecule has 3 heteroatoms. The Bertz CT molecular complexity index is 487. The second-order valence-electron chi connectivity index (χ2n) is 5.98. The number of aliphatic hydroxyl groups is 1. The van der Waals surface area contributed by atoms with Gasteiger partial charge in [0, 0.05) is 18.4 Å². The zero-order chi connectivity index (χ0) is 14.0. The Hall–Kier alpha value is -1.37. The quantitative estimate of drug-likeness (QED) is 0.856. The van der Waals surface area contributed by atoms with Crippen LogP contribution in [0.5, 0.6) is 0 Å². The maximum Gasteiger partial charge on any atom is 0.160 e. The molecule has 2 atom stereocenters. The van der Waals surface area contributed by atoms with Crippen LogP contribution in [0.3, 0.4) is 0 Å². The van der Waals surface area contributed by atoms with Gasteiger partial charge in [0.05, 0.1) is 12.7 Å². The highest BCUT2D eigenvalue weighted by Crippen LogP contribution is 2.49. The molecule has 1 aromatic rings. The van der Waals surface area contributed by atoms with Crippen molar-refractivity contribution in [2.75, 3.05) is 13.2 Å². The van der Waals surface area contributed by atoms with Crippen molar-refractivity contribution < 1.29 is 9.84 Å². The van der Waals surface area contributed by atoms with Gasteiger partial charge < -0.3 is 9.84 Å². The van der Waals surface area contributed by atoms with E-state index in [9.17, 15) is 5.26 Å². The van der Waals surface area contributed by atoms with E-state index in [1.54, 1.807) is 0 Å². The summed E-state index contributed by atoms with van der Waals surface area (Å²) in [7, 11) is 0. The Labute approximate surface area is 120 Å². The van der Waals surface area contributed by atoms with Crippen molar-refractivity contribution in [1.82, 2.24) is 0 Å². The Morgan fingerprint density at radius 1 is 1.20 bits per heavy atom. The van der Waals surface area contributed by atoms with Crippen molar-refractivity contribution in [1.29, 1.82) is 5.26 Å². The van der Waals surface area contributed by atoms with Crippen LogP contribution in [0.4, 0.5) is 0 Å². The molecular formula is C17H21NO2. The molecule has 0 saturated heterocycles. The lowest BCUT2D eigenvalue weighted by Crippen LogP contribution is -2.42. The van der Waals surface area contributed by atoms with E-state index in [4.69, 9.17) is 9.84 Å². The van der Waals surface area contributed by atoms with Crippen molar-refractivity contribution in [3.05, 3.63) is 35.4 Å². The van der Waals surface area contributed by atoms with E-state index in [1.165, 1.54) is 11.1 Å². The Morgan fingerprint density at radius 3 is 2.30 bits per heavy atom. The smallest absolute Gasteiger partial charge is 0.160 e. The minimum atomic E-state index is -0.645. The molecule has 106 valence electrons. The molecule has 1 N–H and O–H groups in total. The fraction of sp³-hybridized carbons (Fsp3) is 0.588. The molecule has 2 unspecified atom stereocenters. The molecule has 0 radical (unpaired) electrons. The lowest BCUT2D eigenvalue weighted by Gasteiger charge is -2.32. The molecule has 3 rings (SSSR count). The molecule has 1 fully saturated rings. The number of hydrogen-bond donors (Lipinski definition) is 1. The highest BCUT2D eigenvalue weighted by Gasteiger charge is 2.53. The maximum absolute atomic E-state index is 9.79. The first-order valence-electron chi connectivity index (χ1n) is 7.53. The molecule has 2 aliphatic rings. The summed E-state index contributed by atoms with van der Waals surface area (Å²) >= 11 is 0. The van der Waals surface area contributed by atoms with Gasteiger partial charge in [-0.1, -0.05) is 24.3 Å². The number of ether oxygens (including phenoxy) is 1. The first-order valence-corrected chi connectivity index (χ1v) is 7.53. The van der Waals surface area contributed by atoms with Gasteiger partial charge in [0.2, 0.25) is 0 Å². The van der Waals surface area contributed by atoms with Crippen molar-refractivity contribution in [3.63, 3.8) is 0 Å². The lowest BCUT2D eigenvalue weighted by molar-refractivity contribution is -0.0600. The van der Waals surface area contributed by atoms with Gasteiger partial charge in [0.1, 0.15) is 0 Å². The number of nitriles is 1. The summed E-state index contributed by atoms with van der Waals surface area (Å²) in [6.45, 7) is 0.602. The van der Waals surface area contributed by atoms with Gasteiger partial charge >= 0.3 is 0 Å². The normalized spacial score (nSPS) is 31.4.